The quantitative estimate of drug-likeness (QED) is 0.781. The molecule has 0 aliphatic carbocycles. The molecule has 2 rings (SSSR count). The number of benzene rings is 1. The second kappa shape index (κ2) is 3.86. The van der Waals surface area contributed by atoms with Crippen molar-refractivity contribution in [1.82, 2.24) is 0 Å². The van der Waals surface area contributed by atoms with Crippen LogP contribution < -0.4 is 9.47 Å². The van der Waals surface area contributed by atoms with Crippen LogP contribution in [-0.4, -0.2) is 25.3 Å². The first-order chi connectivity index (χ1) is 6.83. The van der Waals surface area contributed by atoms with Crippen molar-refractivity contribution in [1.29, 1.82) is 0 Å². The molecule has 76 valence electrons. The Labute approximate surface area is 82.0 Å². The van der Waals surface area contributed by atoms with Crippen molar-refractivity contribution in [3.05, 3.63) is 23.8 Å². The van der Waals surface area contributed by atoms with Gasteiger partial charge in [-0.25, -0.2) is 0 Å². The van der Waals surface area contributed by atoms with E-state index in [2.05, 4.69) is 0 Å². The van der Waals surface area contributed by atoms with Gasteiger partial charge in [-0.3, -0.25) is 0 Å². The second-order valence-electron chi connectivity index (χ2n) is 3.01. The zero-order valence-corrected chi connectivity index (χ0v) is 7.90. The lowest BCUT2D eigenvalue weighted by atomic mass is 10.1. The van der Waals surface area contributed by atoms with Gasteiger partial charge >= 0.3 is 6.48 Å². The number of ether oxygens (including phenoxy) is 3. The predicted octanol–water partition coefficient (Wildman–Crippen LogP) is 0.923. The SMILES string of the molecule is COC1Oc2ccc(CCO)cc2O1. The summed E-state index contributed by atoms with van der Waals surface area (Å²) in [5, 5.41) is 8.77. The fraction of sp³-hybridized carbons (Fsp3) is 0.400. The maximum Gasteiger partial charge on any atom is 0.360 e. The van der Waals surface area contributed by atoms with Crippen LogP contribution in [0.25, 0.3) is 0 Å². The van der Waals surface area contributed by atoms with Crippen molar-refractivity contribution in [2.45, 2.75) is 12.9 Å². The van der Waals surface area contributed by atoms with Crippen molar-refractivity contribution >= 4 is 0 Å². The Kier molecular flexibility index (Phi) is 2.56. The fourth-order valence-corrected chi connectivity index (χ4v) is 1.35. The van der Waals surface area contributed by atoms with E-state index >= 15 is 0 Å². The average Bonchev–Trinajstić information content (AvgIpc) is 2.60. The van der Waals surface area contributed by atoms with E-state index in [4.69, 9.17) is 19.3 Å². The first kappa shape index (κ1) is 9.30. The molecule has 1 N–H and O–H groups in total. The van der Waals surface area contributed by atoms with Gasteiger partial charge < -0.3 is 19.3 Å². The van der Waals surface area contributed by atoms with Crippen LogP contribution >= 0.6 is 0 Å². The smallest absolute Gasteiger partial charge is 0.360 e. The standard InChI is InChI=1S/C10H12O4/c1-12-10-13-8-3-2-7(4-5-11)6-9(8)14-10/h2-3,6,10-11H,4-5H2,1H3. The van der Waals surface area contributed by atoms with Crippen molar-refractivity contribution in [2.75, 3.05) is 13.7 Å². The van der Waals surface area contributed by atoms with Crippen LogP contribution in [0.1, 0.15) is 5.56 Å². The maximum atomic E-state index is 8.77. The molecule has 1 aliphatic rings. The molecule has 1 aliphatic heterocycles. The topological polar surface area (TPSA) is 47.9 Å². The number of aliphatic hydroxyl groups excluding tert-OH is 1. The lowest BCUT2D eigenvalue weighted by Gasteiger charge is -2.05. The number of fused-ring (bicyclic) bond motifs is 1. The second-order valence-corrected chi connectivity index (χ2v) is 3.01. The summed E-state index contributed by atoms with van der Waals surface area (Å²) in [6.07, 6.45) is 0.619. The molecular weight excluding hydrogens is 184 g/mol. The minimum Gasteiger partial charge on any atom is -0.428 e. The first-order valence-corrected chi connectivity index (χ1v) is 4.43. The zero-order chi connectivity index (χ0) is 9.97. The summed E-state index contributed by atoms with van der Waals surface area (Å²) >= 11 is 0. The van der Waals surface area contributed by atoms with Gasteiger partial charge in [-0.05, 0) is 24.1 Å². The summed E-state index contributed by atoms with van der Waals surface area (Å²) in [5.41, 5.74) is 1.02. The van der Waals surface area contributed by atoms with Gasteiger partial charge in [0.05, 0.1) is 0 Å². The van der Waals surface area contributed by atoms with Gasteiger partial charge in [-0.2, -0.15) is 0 Å². The molecule has 0 bridgehead atoms. The molecule has 1 aromatic carbocycles. The molecule has 1 aromatic rings. The van der Waals surface area contributed by atoms with Gasteiger partial charge in [0, 0.05) is 13.7 Å². The number of methoxy groups -OCH3 is 1. The Hall–Kier alpha value is -1.26. The highest BCUT2D eigenvalue weighted by Gasteiger charge is 2.23. The van der Waals surface area contributed by atoms with Gasteiger partial charge in [-0.1, -0.05) is 6.07 Å². The number of rotatable bonds is 3. The van der Waals surface area contributed by atoms with Crippen LogP contribution in [0.3, 0.4) is 0 Å². The van der Waals surface area contributed by atoms with Crippen molar-refractivity contribution in [2.24, 2.45) is 0 Å². The monoisotopic (exact) mass is 196 g/mol. The van der Waals surface area contributed by atoms with E-state index in [-0.39, 0.29) is 6.61 Å². The molecule has 1 atom stereocenters. The normalized spacial score (nSPS) is 18.6. The highest BCUT2D eigenvalue weighted by atomic mass is 16.9. The molecule has 4 heteroatoms. The van der Waals surface area contributed by atoms with Crippen LogP contribution in [0, 0.1) is 0 Å². The predicted molar refractivity (Wildman–Crippen MR) is 49.3 cm³/mol. The molecule has 14 heavy (non-hydrogen) atoms. The maximum absolute atomic E-state index is 8.77. The van der Waals surface area contributed by atoms with Crippen LogP contribution in [0.2, 0.25) is 0 Å². The Morgan fingerprint density at radius 2 is 2.14 bits per heavy atom. The van der Waals surface area contributed by atoms with Gasteiger partial charge in [0.25, 0.3) is 0 Å². The molecule has 0 amide bonds. The van der Waals surface area contributed by atoms with E-state index in [0.29, 0.717) is 17.9 Å². The van der Waals surface area contributed by atoms with Crippen molar-refractivity contribution in [3.8, 4) is 11.5 Å². The van der Waals surface area contributed by atoms with Crippen LogP contribution in [0.5, 0.6) is 11.5 Å². The molecule has 0 spiro atoms. The Balaban J connectivity index is 2.17. The zero-order valence-electron chi connectivity index (χ0n) is 7.90. The largest absolute Gasteiger partial charge is 0.428 e. The minimum absolute atomic E-state index is 0.132. The molecule has 0 radical (unpaired) electrons. The summed E-state index contributed by atoms with van der Waals surface area (Å²) in [7, 11) is 1.52. The van der Waals surface area contributed by atoms with E-state index in [1.165, 1.54) is 7.11 Å². The minimum atomic E-state index is -0.644. The molecule has 0 aromatic heterocycles. The van der Waals surface area contributed by atoms with Crippen LogP contribution in [0.4, 0.5) is 0 Å². The summed E-state index contributed by atoms with van der Waals surface area (Å²) < 4.78 is 15.5. The summed E-state index contributed by atoms with van der Waals surface area (Å²) in [5.74, 6) is 1.35. The van der Waals surface area contributed by atoms with Gasteiger partial charge in [0.2, 0.25) is 0 Å². The highest BCUT2D eigenvalue weighted by Crippen LogP contribution is 2.35. The third kappa shape index (κ3) is 1.66. The summed E-state index contributed by atoms with van der Waals surface area (Å²) in [6.45, 7) is -0.512. The first-order valence-electron chi connectivity index (χ1n) is 4.43. The van der Waals surface area contributed by atoms with Gasteiger partial charge in [-0.15, -0.1) is 0 Å². The van der Waals surface area contributed by atoms with Crippen molar-refractivity contribution < 1.29 is 19.3 Å². The number of aliphatic hydroxyl groups is 1. The van der Waals surface area contributed by atoms with Crippen LogP contribution in [0.15, 0.2) is 18.2 Å². The van der Waals surface area contributed by atoms with E-state index in [1.54, 1.807) is 0 Å². The number of hydrogen-bond acceptors (Lipinski definition) is 4. The Morgan fingerprint density at radius 3 is 2.86 bits per heavy atom. The highest BCUT2D eigenvalue weighted by molar-refractivity contribution is 5.44. The molecule has 1 unspecified atom stereocenters. The third-order valence-corrected chi connectivity index (χ3v) is 2.05. The number of hydrogen-bond donors (Lipinski definition) is 1. The molecule has 0 fully saturated rings. The summed E-state index contributed by atoms with van der Waals surface area (Å²) in [4.78, 5) is 0. The van der Waals surface area contributed by atoms with Gasteiger partial charge in [0.1, 0.15) is 0 Å². The van der Waals surface area contributed by atoms with E-state index < -0.39 is 6.48 Å². The van der Waals surface area contributed by atoms with Gasteiger partial charge in [0.15, 0.2) is 11.5 Å². The fourth-order valence-electron chi connectivity index (χ4n) is 1.35. The lowest BCUT2D eigenvalue weighted by molar-refractivity contribution is -0.157. The molecule has 4 nitrogen and oxygen atoms in total. The average molecular weight is 196 g/mol. The Bertz CT molecular complexity index is 324. The molecular formula is C10H12O4. The summed E-state index contributed by atoms with van der Waals surface area (Å²) in [6, 6.07) is 5.57. The van der Waals surface area contributed by atoms with E-state index in [9.17, 15) is 0 Å². The molecule has 0 saturated carbocycles. The van der Waals surface area contributed by atoms with Crippen LogP contribution in [-0.2, 0) is 11.2 Å². The van der Waals surface area contributed by atoms with E-state index in [0.717, 1.165) is 5.56 Å². The molecule has 0 saturated heterocycles. The van der Waals surface area contributed by atoms with E-state index in [1.807, 2.05) is 18.2 Å². The third-order valence-electron chi connectivity index (χ3n) is 2.05. The molecule has 1 heterocycles. The van der Waals surface area contributed by atoms with Crippen molar-refractivity contribution in [3.63, 3.8) is 0 Å². The Morgan fingerprint density at radius 1 is 1.36 bits per heavy atom. The lowest BCUT2D eigenvalue weighted by Crippen LogP contribution is -2.19.